The van der Waals surface area contributed by atoms with Gasteiger partial charge < -0.3 is 19.8 Å². The topological polar surface area (TPSA) is 71.7 Å². The lowest BCUT2D eigenvalue weighted by Crippen LogP contribution is -2.43. The predicted octanol–water partition coefficient (Wildman–Crippen LogP) is 4.59. The van der Waals surface area contributed by atoms with Crippen LogP contribution in [0.15, 0.2) is 33.7 Å². The van der Waals surface area contributed by atoms with Gasteiger partial charge >= 0.3 is 0 Å². The molecule has 0 radical (unpaired) electrons. The molecule has 0 amide bonds. The van der Waals surface area contributed by atoms with Gasteiger partial charge in [-0.05, 0) is 37.5 Å². The van der Waals surface area contributed by atoms with E-state index in [0.717, 1.165) is 36.3 Å². The molecule has 162 valence electrons. The minimum Gasteiger partial charge on any atom is -0.493 e. The van der Waals surface area contributed by atoms with E-state index in [1.165, 1.54) is 5.56 Å². The first-order valence-electron chi connectivity index (χ1n) is 9.82. The minimum atomic E-state index is -0.0652. The third kappa shape index (κ3) is 7.87. The van der Waals surface area contributed by atoms with E-state index in [0.29, 0.717) is 18.4 Å². The van der Waals surface area contributed by atoms with Crippen LogP contribution in [0, 0.1) is 19.8 Å². The third-order valence-electron chi connectivity index (χ3n) is 4.62. The largest absolute Gasteiger partial charge is 0.493 e. The number of aryl methyl sites for hydroxylation is 2. The number of oxazole rings is 1. The molecule has 2 aromatic rings. The zero-order valence-corrected chi connectivity index (χ0v) is 21.0. The zero-order chi connectivity index (χ0) is 20.7. The second-order valence-electron chi connectivity index (χ2n) is 8.14. The van der Waals surface area contributed by atoms with Crippen molar-refractivity contribution < 1.29 is 9.15 Å². The molecule has 0 bridgehead atoms. The van der Waals surface area contributed by atoms with Crippen LogP contribution in [0.5, 0.6) is 5.75 Å². The molecule has 2 rings (SSSR count). The van der Waals surface area contributed by atoms with Gasteiger partial charge in [-0.1, -0.05) is 39.8 Å². The maximum atomic E-state index is 5.78. The Morgan fingerprint density at radius 3 is 2.34 bits per heavy atom. The predicted molar refractivity (Wildman–Crippen MR) is 129 cm³/mol. The summed E-state index contributed by atoms with van der Waals surface area (Å²) in [5, 5.41) is 6.64. The molecule has 6 nitrogen and oxygen atoms in total. The van der Waals surface area contributed by atoms with Crippen molar-refractivity contribution in [3.63, 3.8) is 0 Å². The number of nitrogens with zero attached hydrogens (tertiary/aromatic N) is 2. The smallest absolute Gasteiger partial charge is 0.214 e. The Kier molecular flexibility index (Phi) is 9.95. The molecule has 1 heterocycles. The Bertz CT molecular complexity index is 763. The first-order valence-corrected chi connectivity index (χ1v) is 9.82. The third-order valence-corrected chi connectivity index (χ3v) is 4.62. The molecule has 0 unspecified atom stereocenters. The van der Waals surface area contributed by atoms with E-state index in [-0.39, 0.29) is 29.4 Å². The lowest BCUT2D eigenvalue weighted by molar-refractivity contribution is 0.271. The summed E-state index contributed by atoms with van der Waals surface area (Å²) in [5.41, 5.74) is 2.10. The van der Waals surface area contributed by atoms with Crippen LogP contribution in [-0.2, 0) is 12.0 Å². The molecule has 0 aliphatic carbocycles. The van der Waals surface area contributed by atoms with Gasteiger partial charge in [-0.3, -0.25) is 4.99 Å². The first-order chi connectivity index (χ1) is 13.2. The van der Waals surface area contributed by atoms with Crippen molar-refractivity contribution in [3.05, 3.63) is 47.2 Å². The Morgan fingerprint density at radius 1 is 1.17 bits per heavy atom. The second kappa shape index (κ2) is 11.4. The molecule has 0 spiro atoms. The van der Waals surface area contributed by atoms with E-state index in [1.54, 1.807) is 7.05 Å². The van der Waals surface area contributed by atoms with Crippen LogP contribution in [0.25, 0.3) is 0 Å². The van der Waals surface area contributed by atoms with Gasteiger partial charge in [0.15, 0.2) is 5.96 Å². The SMILES string of the molecule is CN=C(NCc1nc(C)c(C)o1)NCC(C)(C)c1ccc(OCC(C)C)cc1.I. The molecule has 0 saturated carbocycles. The highest BCUT2D eigenvalue weighted by atomic mass is 127. The van der Waals surface area contributed by atoms with Crippen LogP contribution in [-0.4, -0.2) is 31.1 Å². The summed E-state index contributed by atoms with van der Waals surface area (Å²) < 4.78 is 11.4. The molecular formula is C22H35IN4O2. The number of rotatable bonds is 8. The van der Waals surface area contributed by atoms with Crippen LogP contribution in [0.3, 0.4) is 0 Å². The van der Waals surface area contributed by atoms with Crippen molar-refractivity contribution in [1.29, 1.82) is 0 Å². The van der Waals surface area contributed by atoms with Crippen molar-refractivity contribution in [2.75, 3.05) is 20.2 Å². The standard InChI is InChI=1S/C22H34N4O2.HI/c1-15(2)13-27-19-10-8-18(9-11-19)22(5,6)14-25-21(23-7)24-12-20-26-16(3)17(4)28-20;/h8-11,15H,12-14H2,1-7H3,(H2,23,24,25);1H. The van der Waals surface area contributed by atoms with Crippen LogP contribution in [0.1, 0.15) is 50.6 Å². The lowest BCUT2D eigenvalue weighted by Gasteiger charge is -2.27. The molecule has 2 N–H and O–H groups in total. The van der Waals surface area contributed by atoms with Crippen molar-refractivity contribution in [2.24, 2.45) is 10.9 Å². The Hall–Kier alpha value is -1.77. The molecule has 0 aliphatic rings. The average molecular weight is 514 g/mol. The number of guanidine groups is 1. The van der Waals surface area contributed by atoms with Gasteiger partial charge in [-0.25, -0.2) is 4.98 Å². The fourth-order valence-corrected chi connectivity index (χ4v) is 2.67. The van der Waals surface area contributed by atoms with Gasteiger partial charge in [0.1, 0.15) is 11.5 Å². The highest BCUT2D eigenvalue weighted by molar-refractivity contribution is 14.0. The van der Waals surface area contributed by atoms with Gasteiger partial charge in [0.2, 0.25) is 5.89 Å². The molecule has 1 aromatic heterocycles. The van der Waals surface area contributed by atoms with Crippen molar-refractivity contribution in [2.45, 2.75) is 53.5 Å². The van der Waals surface area contributed by atoms with E-state index < -0.39 is 0 Å². The van der Waals surface area contributed by atoms with E-state index in [4.69, 9.17) is 9.15 Å². The first kappa shape index (κ1) is 25.3. The van der Waals surface area contributed by atoms with E-state index in [1.807, 2.05) is 26.0 Å². The fourth-order valence-electron chi connectivity index (χ4n) is 2.67. The minimum absolute atomic E-state index is 0. The van der Waals surface area contributed by atoms with Gasteiger partial charge in [-0.15, -0.1) is 24.0 Å². The number of hydrogen-bond acceptors (Lipinski definition) is 4. The molecule has 0 saturated heterocycles. The number of halogens is 1. The molecule has 7 heteroatoms. The summed E-state index contributed by atoms with van der Waals surface area (Å²) in [6.45, 7) is 14.5. The zero-order valence-electron chi connectivity index (χ0n) is 18.6. The van der Waals surface area contributed by atoms with Crippen molar-refractivity contribution in [3.8, 4) is 5.75 Å². The molecule has 29 heavy (non-hydrogen) atoms. The van der Waals surface area contributed by atoms with Crippen molar-refractivity contribution in [1.82, 2.24) is 15.6 Å². The number of aromatic nitrogens is 1. The Morgan fingerprint density at radius 2 is 1.83 bits per heavy atom. The summed E-state index contributed by atoms with van der Waals surface area (Å²) >= 11 is 0. The van der Waals surface area contributed by atoms with Gasteiger partial charge in [-0.2, -0.15) is 0 Å². The summed E-state index contributed by atoms with van der Waals surface area (Å²) in [5.74, 6) is 3.66. The van der Waals surface area contributed by atoms with Gasteiger partial charge in [0, 0.05) is 19.0 Å². The molecule has 0 fully saturated rings. The highest BCUT2D eigenvalue weighted by Crippen LogP contribution is 2.24. The average Bonchev–Trinajstić information content (AvgIpc) is 2.98. The summed E-state index contributed by atoms with van der Waals surface area (Å²) in [6.07, 6.45) is 0. The Labute approximate surface area is 191 Å². The highest BCUT2D eigenvalue weighted by Gasteiger charge is 2.21. The maximum Gasteiger partial charge on any atom is 0.214 e. The summed E-state index contributed by atoms with van der Waals surface area (Å²) in [6, 6.07) is 8.34. The number of aliphatic imine (C=N–C) groups is 1. The number of ether oxygens (including phenoxy) is 1. The normalized spacial score (nSPS) is 11.9. The lowest BCUT2D eigenvalue weighted by atomic mass is 9.84. The monoisotopic (exact) mass is 514 g/mol. The van der Waals surface area contributed by atoms with Crippen LogP contribution < -0.4 is 15.4 Å². The molecule has 1 aromatic carbocycles. The van der Waals surface area contributed by atoms with E-state index in [2.05, 4.69) is 60.4 Å². The van der Waals surface area contributed by atoms with Crippen molar-refractivity contribution >= 4 is 29.9 Å². The fraction of sp³-hybridized carbons (Fsp3) is 0.545. The molecule has 0 aliphatic heterocycles. The van der Waals surface area contributed by atoms with Gasteiger partial charge in [0.05, 0.1) is 18.8 Å². The van der Waals surface area contributed by atoms with Crippen LogP contribution in [0.4, 0.5) is 0 Å². The number of nitrogens with one attached hydrogen (secondary N) is 2. The summed E-state index contributed by atoms with van der Waals surface area (Å²) in [4.78, 5) is 8.67. The van der Waals surface area contributed by atoms with Crippen LogP contribution >= 0.6 is 24.0 Å². The molecular weight excluding hydrogens is 479 g/mol. The summed E-state index contributed by atoms with van der Waals surface area (Å²) in [7, 11) is 1.76. The second-order valence-corrected chi connectivity index (χ2v) is 8.14. The quantitative estimate of drug-likeness (QED) is 0.307. The number of benzene rings is 1. The van der Waals surface area contributed by atoms with E-state index >= 15 is 0 Å². The number of hydrogen-bond donors (Lipinski definition) is 2. The maximum absolute atomic E-state index is 5.78. The van der Waals surface area contributed by atoms with E-state index in [9.17, 15) is 0 Å². The molecule has 0 atom stereocenters. The Balaban J connectivity index is 0.00000420. The van der Waals surface area contributed by atoms with Crippen LogP contribution in [0.2, 0.25) is 0 Å². The van der Waals surface area contributed by atoms with Gasteiger partial charge in [0.25, 0.3) is 0 Å².